The van der Waals surface area contributed by atoms with Crippen molar-refractivity contribution in [3.63, 3.8) is 0 Å². The average molecular weight is 225 g/mol. The minimum Gasteiger partial charge on any atom is -0.391 e. The van der Waals surface area contributed by atoms with Gasteiger partial charge in [-0.1, -0.05) is 13.8 Å². The van der Waals surface area contributed by atoms with E-state index in [1.807, 2.05) is 6.92 Å². The standard InChI is InChI=1S/C13H23NO2/c1-10-4-6-13(9-14,7-5-10)12(15)11(2)8-16-3/h10-12,15H,4-8H2,1-3H3. The van der Waals surface area contributed by atoms with Gasteiger partial charge in [0.1, 0.15) is 0 Å². The molecule has 1 saturated carbocycles. The quantitative estimate of drug-likeness (QED) is 0.799. The fraction of sp³-hybridized carbons (Fsp3) is 0.923. The Hall–Kier alpha value is -0.590. The van der Waals surface area contributed by atoms with Crippen LogP contribution in [0.15, 0.2) is 0 Å². The van der Waals surface area contributed by atoms with Gasteiger partial charge < -0.3 is 9.84 Å². The van der Waals surface area contributed by atoms with Crippen molar-refractivity contribution in [2.75, 3.05) is 13.7 Å². The minimum atomic E-state index is -0.565. The Morgan fingerprint density at radius 3 is 2.50 bits per heavy atom. The smallest absolute Gasteiger partial charge is 0.0836 e. The number of hydrogen-bond donors (Lipinski definition) is 1. The van der Waals surface area contributed by atoms with Crippen LogP contribution in [0.3, 0.4) is 0 Å². The molecule has 0 heterocycles. The van der Waals surface area contributed by atoms with Gasteiger partial charge >= 0.3 is 0 Å². The van der Waals surface area contributed by atoms with Crippen molar-refractivity contribution in [3.8, 4) is 6.07 Å². The second-order valence-corrected chi connectivity index (χ2v) is 5.33. The van der Waals surface area contributed by atoms with Crippen molar-refractivity contribution in [2.45, 2.75) is 45.6 Å². The van der Waals surface area contributed by atoms with Crippen molar-refractivity contribution in [3.05, 3.63) is 0 Å². The summed E-state index contributed by atoms with van der Waals surface area (Å²) < 4.78 is 5.06. The van der Waals surface area contributed by atoms with Gasteiger partial charge in [0, 0.05) is 13.0 Å². The summed E-state index contributed by atoms with van der Waals surface area (Å²) in [4.78, 5) is 0. The monoisotopic (exact) mass is 225 g/mol. The summed E-state index contributed by atoms with van der Waals surface area (Å²) in [7, 11) is 1.63. The Morgan fingerprint density at radius 2 is 2.06 bits per heavy atom. The van der Waals surface area contributed by atoms with Gasteiger partial charge in [0.25, 0.3) is 0 Å². The van der Waals surface area contributed by atoms with Gasteiger partial charge in [-0.3, -0.25) is 0 Å². The van der Waals surface area contributed by atoms with E-state index in [1.54, 1.807) is 7.11 Å². The van der Waals surface area contributed by atoms with E-state index in [2.05, 4.69) is 13.0 Å². The molecule has 1 fully saturated rings. The first kappa shape index (κ1) is 13.5. The van der Waals surface area contributed by atoms with E-state index >= 15 is 0 Å². The lowest BCUT2D eigenvalue weighted by molar-refractivity contribution is -0.0310. The number of hydrogen-bond acceptors (Lipinski definition) is 3. The summed E-state index contributed by atoms with van der Waals surface area (Å²) in [6, 6.07) is 2.37. The number of aliphatic hydroxyl groups excluding tert-OH is 1. The normalized spacial score (nSPS) is 34.1. The third-order valence-corrected chi connectivity index (χ3v) is 3.92. The third-order valence-electron chi connectivity index (χ3n) is 3.92. The molecule has 1 aliphatic rings. The molecule has 0 saturated heterocycles. The molecule has 0 aromatic heterocycles. The van der Waals surface area contributed by atoms with Crippen LogP contribution in [-0.4, -0.2) is 24.9 Å². The highest BCUT2D eigenvalue weighted by Crippen LogP contribution is 2.43. The molecule has 1 N–H and O–H groups in total. The van der Waals surface area contributed by atoms with Crippen molar-refractivity contribution in [1.82, 2.24) is 0 Å². The number of aliphatic hydroxyl groups is 1. The molecule has 2 unspecified atom stereocenters. The molecule has 0 amide bonds. The summed E-state index contributed by atoms with van der Waals surface area (Å²) in [5.74, 6) is 0.712. The van der Waals surface area contributed by atoms with Crippen molar-refractivity contribution in [2.24, 2.45) is 17.3 Å². The fourth-order valence-corrected chi connectivity index (χ4v) is 2.65. The molecular formula is C13H23NO2. The second-order valence-electron chi connectivity index (χ2n) is 5.33. The van der Waals surface area contributed by atoms with Gasteiger partial charge in [0.05, 0.1) is 24.2 Å². The zero-order valence-electron chi connectivity index (χ0n) is 10.6. The SMILES string of the molecule is COCC(C)C(O)C1(C#N)CCC(C)CC1. The summed E-state index contributed by atoms with van der Waals surface area (Å²) in [6.07, 6.45) is 3.17. The highest BCUT2D eigenvalue weighted by atomic mass is 16.5. The largest absolute Gasteiger partial charge is 0.391 e. The molecule has 0 bridgehead atoms. The lowest BCUT2D eigenvalue weighted by Crippen LogP contribution is -2.42. The van der Waals surface area contributed by atoms with Crippen LogP contribution in [-0.2, 0) is 4.74 Å². The molecule has 1 rings (SSSR count). The Balaban J connectivity index is 2.69. The zero-order chi connectivity index (χ0) is 12.2. The van der Waals surface area contributed by atoms with Crippen molar-refractivity contribution < 1.29 is 9.84 Å². The molecule has 0 aromatic rings. The molecule has 0 aromatic carbocycles. The van der Waals surface area contributed by atoms with Gasteiger partial charge in [0.15, 0.2) is 0 Å². The van der Waals surface area contributed by atoms with E-state index in [4.69, 9.17) is 4.74 Å². The Morgan fingerprint density at radius 1 is 1.50 bits per heavy atom. The van der Waals surface area contributed by atoms with Crippen LogP contribution in [0.5, 0.6) is 0 Å². The van der Waals surface area contributed by atoms with E-state index < -0.39 is 11.5 Å². The maximum atomic E-state index is 10.3. The minimum absolute atomic E-state index is 0.0260. The van der Waals surface area contributed by atoms with Crippen LogP contribution in [0.1, 0.15) is 39.5 Å². The van der Waals surface area contributed by atoms with E-state index in [1.165, 1.54) is 0 Å². The Bertz CT molecular complexity index is 251. The highest BCUT2D eigenvalue weighted by molar-refractivity contribution is 5.06. The lowest BCUT2D eigenvalue weighted by atomic mass is 9.66. The maximum absolute atomic E-state index is 10.3. The van der Waals surface area contributed by atoms with Gasteiger partial charge in [-0.2, -0.15) is 5.26 Å². The molecule has 0 spiro atoms. The molecule has 3 heteroatoms. The molecule has 3 nitrogen and oxygen atoms in total. The van der Waals surface area contributed by atoms with Crippen LogP contribution in [0.2, 0.25) is 0 Å². The zero-order valence-corrected chi connectivity index (χ0v) is 10.6. The average Bonchev–Trinajstić information content (AvgIpc) is 2.30. The van der Waals surface area contributed by atoms with Crippen LogP contribution in [0, 0.1) is 28.6 Å². The number of methoxy groups -OCH3 is 1. The van der Waals surface area contributed by atoms with E-state index in [0.29, 0.717) is 12.5 Å². The Kier molecular flexibility index (Phi) is 4.76. The topological polar surface area (TPSA) is 53.2 Å². The van der Waals surface area contributed by atoms with Crippen LogP contribution in [0.4, 0.5) is 0 Å². The van der Waals surface area contributed by atoms with E-state index in [-0.39, 0.29) is 5.92 Å². The number of nitrogens with zero attached hydrogens (tertiary/aromatic N) is 1. The van der Waals surface area contributed by atoms with Gasteiger partial charge in [-0.15, -0.1) is 0 Å². The van der Waals surface area contributed by atoms with E-state index in [0.717, 1.165) is 25.7 Å². The molecule has 0 aliphatic heterocycles. The molecule has 0 radical (unpaired) electrons. The number of ether oxygens (including phenoxy) is 1. The molecule has 2 atom stereocenters. The predicted octanol–water partition coefficient (Wildman–Crippen LogP) is 2.35. The van der Waals surface area contributed by atoms with Gasteiger partial charge in [-0.05, 0) is 31.6 Å². The summed E-state index contributed by atoms with van der Waals surface area (Å²) in [5.41, 5.74) is -0.537. The molecule has 92 valence electrons. The first-order valence-corrected chi connectivity index (χ1v) is 6.14. The van der Waals surface area contributed by atoms with Crippen LogP contribution < -0.4 is 0 Å². The predicted molar refractivity (Wildman–Crippen MR) is 62.7 cm³/mol. The van der Waals surface area contributed by atoms with Crippen molar-refractivity contribution in [1.29, 1.82) is 5.26 Å². The first-order valence-electron chi connectivity index (χ1n) is 6.14. The fourth-order valence-electron chi connectivity index (χ4n) is 2.65. The lowest BCUT2D eigenvalue weighted by Gasteiger charge is -2.39. The highest BCUT2D eigenvalue weighted by Gasteiger charge is 2.43. The van der Waals surface area contributed by atoms with Crippen LogP contribution in [0.25, 0.3) is 0 Å². The summed E-state index contributed by atoms with van der Waals surface area (Å²) >= 11 is 0. The summed E-state index contributed by atoms with van der Waals surface area (Å²) in [5, 5.41) is 19.7. The maximum Gasteiger partial charge on any atom is 0.0836 e. The molecular weight excluding hydrogens is 202 g/mol. The summed E-state index contributed by atoms with van der Waals surface area (Å²) in [6.45, 7) is 4.68. The first-order chi connectivity index (χ1) is 7.55. The Labute approximate surface area is 98.4 Å². The van der Waals surface area contributed by atoms with Gasteiger partial charge in [-0.25, -0.2) is 0 Å². The second kappa shape index (κ2) is 5.65. The number of nitriles is 1. The molecule has 16 heavy (non-hydrogen) atoms. The molecule has 1 aliphatic carbocycles. The van der Waals surface area contributed by atoms with Crippen molar-refractivity contribution >= 4 is 0 Å². The van der Waals surface area contributed by atoms with Crippen LogP contribution >= 0.6 is 0 Å². The third kappa shape index (κ3) is 2.75. The van der Waals surface area contributed by atoms with Gasteiger partial charge in [0.2, 0.25) is 0 Å². The van der Waals surface area contributed by atoms with E-state index in [9.17, 15) is 10.4 Å². The number of rotatable bonds is 4.